The summed E-state index contributed by atoms with van der Waals surface area (Å²) in [6, 6.07) is 10.8. The maximum atomic E-state index is 12.0. The molecule has 0 aliphatic heterocycles. The van der Waals surface area contributed by atoms with Gasteiger partial charge in [0.1, 0.15) is 5.69 Å². The van der Waals surface area contributed by atoms with E-state index in [0.717, 1.165) is 5.56 Å². The summed E-state index contributed by atoms with van der Waals surface area (Å²) in [4.78, 5) is 12.0. The molecule has 0 aliphatic rings. The zero-order chi connectivity index (χ0) is 13.7. The molecule has 6 heteroatoms. The van der Waals surface area contributed by atoms with E-state index >= 15 is 0 Å². The SMILES string of the molecule is C[S@](=O)C[C@H](NC(=O)c1ccn[nH]1)c1ccccc1. The van der Waals surface area contributed by atoms with E-state index in [1.54, 1.807) is 12.3 Å². The highest BCUT2D eigenvalue weighted by Gasteiger charge is 2.17. The van der Waals surface area contributed by atoms with Crippen LogP contribution in [0.5, 0.6) is 0 Å². The van der Waals surface area contributed by atoms with Crippen LogP contribution in [0.3, 0.4) is 0 Å². The number of aromatic amines is 1. The average Bonchev–Trinajstić information content (AvgIpc) is 2.92. The normalized spacial score (nSPS) is 13.7. The van der Waals surface area contributed by atoms with Gasteiger partial charge >= 0.3 is 0 Å². The predicted octanol–water partition coefficient (Wildman–Crippen LogP) is 1.26. The molecule has 1 amide bonds. The number of benzene rings is 1. The van der Waals surface area contributed by atoms with Crippen molar-refractivity contribution in [1.29, 1.82) is 0 Å². The molecule has 100 valence electrons. The highest BCUT2D eigenvalue weighted by Crippen LogP contribution is 2.14. The van der Waals surface area contributed by atoms with Crippen LogP contribution in [-0.4, -0.2) is 32.3 Å². The van der Waals surface area contributed by atoms with Gasteiger partial charge in [0, 0.05) is 29.0 Å². The van der Waals surface area contributed by atoms with Gasteiger partial charge in [-0.25, -0.2) is 0 Å². The molecule has 2 N–H and O–H groups in total. The topological polar surface area (TPSA) is 74.8 Å². The van der Waals surface area contributed by atoms with E-state index in [2.05, 4.69) is 15.5 Å². The minimum Gasteiger partial charge on any atom is -0.343 e. The number of nitrogens with zero attached hydrogens (tertiary/aromatic N) is 1. The van der Waals surface area contributed by atoms with Crippen LogP contribution < -0.4 is 5.32 Å². The third kappa shape index (κ3) is 3.75. The Kier molecular flexibility index (Phi) is 4.46. The maximum absolute atomic E-state index is 12.0. The van der Waals surface area contributed by atoms with Gasteiger partial charge in [-0.1, -0.05) is 30.3 Å². The van der Waals surface area contributed by atoms with Crippen molar-refractivity contribution >= 4 is 16.7 Å². The first-order valence-electron chi connectivity index (χ1n) is 5.82. The number of hydrogen-bond donors (Lipinski definition) is 2. The van der Waals surface area contributed by atoms with Crippen LogP contribution in [0.1, 0.15) is 22.1 Å². The molecule has 2 rings (SSSR count). The monoisotopic (exact) mass is 277 g/mol. The van der Waals surface area contributed by atoms with E-state index in [9.17, 15) is 9.00 Å². The Morgan fingerprint density at radius 3 is 2.68 bits per heavy atom. The fourth-order valence-corrected chi connectivity index (χ4v) is 2.50. The number of rotatable bonds is 5. The van der Waals surface area contributed by atoms with Gasteiger partial charge in [-0.05, 0) is 11.6 Å². The smallest absolute Gasteiger partial charge is 0.269 e. The number of nitrogens with one attached hydrogen (secondary N) is 2. The molecule has 0 aliphatic carbocycles. The third-order valence-corrected chi connectivity index (χ3v) is 3.46. The van der Waals surface area contributed by atoms with Gasteiger partial charge in [0.25, 0.3) is 5.91 Å². The van der Waals surface area contributed by atoms with E-state index < -0.39 is 10.8 Å². The fraction of sp³-hybridized carbons (Fsp3) is 0.231. The second kappa shape index (κ2) is 6.29. The number of amides is 1. The summed E-state index contributed by atoms with van der Waals surface area (Å²) in [6.45, 7) is 0. The third-order valence-electron chi connectivity index (χ3n) is 2.65. The Bertz CT molecular complexity index is 555. The zero-order valence-corrected chi connectivity index (χ0v) is 11.3. The van der Waals surface area contributed by atoms with Crippen molar-refractivity contribution in [2.24, 2.45) is 0 Å². The molecule has 1 aromatic carbocycles. The molecule has 5 nitrogen and oxygen atoms in total. The van der Waals surface area contributed by atoms with Crippen molar-refractivity contribution in [2.45, 2.75) is 6.04 Å². The van der Waals surface area contributed by atoms with Gasteiger partial charge in [0.15, 0.2) is 0 Å². The first-order valence-corrected chi connectivity index (χ1v) is 7.54. The quantitative estimate of drug-likeness (QED) is 0.864. The van der Waals surface area contributed by atoms with Crippen LogP contribution in [0.15, 0.2) is 42.6 Å². The van der Waals surface area contributed by atoms with Crippen LogP contribution in [0.4, 0.5) is 0 Å². The van der Waals surface area contributed by atoms with Crippen molar-refractivity contribution < 1.29 is 9.00 Å². The molecule has 0 bridgehead atoms. The number of hydrogen-bond acceptors (Lipinski definition) is 3. The first-order chi connectivity index (χ1) is 9.16. The summed E-state index contributed by atoms with van der Waals surface area (Å²) < 4.78 is 11.4. The second-order valence-corrected chi connectivity index (χ2v) is 5.63. The Balaban J connectivity index is 2.15. The van der Waals surface area contributed by atoms with E-state index in [1.807, 2.05) is 30.3 Å². The van der Waals surface area contributed by atoms with Crippen LogP contribution in [0.2, 0.25) is 0 Å². The van der Waals surface area contributed by atoms with Crippen LogP contribution in [0, 0.1) is 0 Å². The Hall–Kier alpha value is -1.95. The van der Waals surface area contributed by atoms with E-state index in [4.69, 9.17) is 0 Å². The lowest BCUT2D eigenvalue weighted by Crippen LogP contribution is -2.32. The summed E-state index contributed by atoms with van der Waals surface area (Å²) in [7, 11) is -1.000. The Morgan fingerprint density at radius 2 is 2.11 bits per heavy atom. The maximum Gasteiger partial charge on any atom is 0.269 e. The summed E-state index contributed by atoms with van der Waals surface area (Å²) in [5, 5.41) is 9.21. The lowest BCUT2D eigenvalue weighted by molar-refractivity contribution is 0.0935. The Morgan fingerprint density at radius 1 is 1.37 bits per heavy atom. The molecule has 0 unspecified atom stereocenters. The molecule has 0 spiro atoms. The van der Waals surface area contributed by atoms with E-state index in [1.165, 1.54) is 6.20 Å². The molecular formula is C13H15N3O2S. The van der Waals surface area contributed by atoms with Crippen LogP contribution >= 0.6 is 0 Å². The lowest BCUT2D eigenvalue weighted by Gasteiger charge is -2.17. The molecule has 1 aromatic heterocycles. The molecule has 0 radical (unpaired) electrons. The van der Waals surface area contributed by atoms with Gasteiger partial charge in [0.05, 0.1) is 6.04 Å². The van der Waals surface area contributed by atoms with Gasteiger partial charge in [-0.3, -0.25) is 14.1 Å². The van der Waals surface area contributed by atoms with Crippen LogP contribution in [-0.2, 0) is 10.8 Å². The highest BCUT2D eigenvalue weighted by atomic mass is 32.2. The van der Waals surface area contributed by atoms with E-state index in [-0.39, 0.29) is 11.9 Å². The first kappa shape index (κ1) is 13.5. The number of carbonyl (C=O) groups is 1. The number of H-pyrrole nitrogens is 1. The summed E-state index contributed by atoms with van der Waals surface area (Å²) in [5.41, 5.74) is 1.33. The summed E-state index contributed by atoms with van der Waals surface area (Å²) >= 11 is 0. The molecule has 19 heavy (non-hydrogen) atoms. The highest BCUT2D eigenvalue weighted by molar-refractivity contribution is 7.84. The molecular weight excluding hydrogens is 262 g/mol. The molecule has 0 saturated heterocycles. The molecule has 2 aromatic rings. The number of carbonyl (C=O) groups excluding carboxylic acids is 1. The summed E-state index contributed by atoms with van der Waals surface area (Å²) in [5.74, 6) is 0.126. The van der Waals surface area contributed by atoms with Crippen molar-refractivity contribution in [2.75, 3.05) is 12.0 Å². The van der Waals surface area contributed by atoms with E-state index in [0.29, 0.717) is 11.4 Å². The second-order valence-electron chi connectivity index (χ2n) is 4.15. The average molecular weight is 277 g/mol. The van der Waals surface area contributed by atoms with Crippen molar-refractivity contribution in [3.05, 3.63) is 53.9 Å². The molecule has 0 saturated carbocycles. The fourth-order valence-electron chi connectivity index (χ4n) is 1.76. The lowest BCUT2D eigenvalue weighted by atomic mass is 10.1. The van der Waals surface area contributed by atoms with Crippen LogP contribution in [0.25, 0.3) is 0 Å². The largest absolute Gasteiger partial charge is 0.343 e. The zero-order valence-electron chi connectivity index (χ0n) is 10.5. The van der Waals surface area contributed by atoms with Crippen molar-refractivity contribution in [1.82, 2.24) is 15.5 Å². The van der Waals surface area contributed by atoms with Crippen molar-refractivity contribution in [3.63, 3.8) is 0 Å². The molecule has 0 fully saturated rings. The molecule has 1 heterocycles. The van der Waals surface area contributed by atoms with Gasteiger partial charge in [-0.2, -0.15) is 5.10 Å². The van der Waals surface area contributed by atoms with Gasteiger partial charge in [0.2, 0.25) is 0 Å². The minimum atomic E-state index is -1.000. The minimum absolute atomic E-state index is 0.253. The predicted molar refractivity (Wildman–Crippen MR) is 74.2 cm³/mol. The Labute approximate surface area is 113 Å². The number of aromatic nitrogens is 2. The van der Waals surface area contributed by atoms with Crippen molar-refractivity contribution in [3.8, 4) is 0 Å². The van der Waals surface area contributed by atoms with Gasteiger partial charge < -0.3 is 5.32 Å². The van der Waals surface area contributed by atoms with Gasteiger partial charge in [-0.15, -0.1) is 0 Å². The standard InChI is InChI=1S/C13H15N3O2S/c1-19(18)9-12(10-5-3-2-4-6-10)15-13(17)11-7-8-14-16-11/h2-8,12H,9H2,1H3,(H,14,16)(H,15,17)/t12-,19-/m0/s1. The summed E-state index contributed by atoms with van der Waals surface area (Å²) in [6.07, 6.45) is 3.14. The molecule has 2 atom stereocenters.